The lowest BCUT2D eigenvalue weighted by Crippen LogP contribution is -2.50. The Bertz CT molecular complexity index is 864. The number of rotatable bonds is 6. The number of hydrogen-bond acceptors (Lipinski definition) is 2. The number of fused-ring (bicyclic) bond motifs is 1. The van der Waals surface area contributed by atoms with Crippen molar-refractivity contribution in [1.82, 2.24) is 19.7 Å². The van der Waals surface area contributed by atoms with E-state index in [-0.39, 0.29) is 30.4 Å². The van der Waals surface area contributed by atoms with E-state index in [4.69, 9.17) is 11.6 Å². The summed E-state index contributed by atoms with van der Waals surface area (Å²) in [5.41, 5.74) is 2.03. The van der Waals surface area contributed by atoms with Gasteiger partial charge in [0.25, 0.3) is 0 Å². The molecule has 0 unspecified atom stereocenters. The maximum absolute atomic E-state index is 13.4. The van der Waals surface area contributed by atoms with Gasteiger partial charge < -0.3 is 19.7 Å². The van der Waals surface area contributed by atoms with Crippen LogP contribution in [0.1, 0.15) is 38.1 Å². The van der Waals surface area contributed by atoms with Crippen LogP contribution in [0.4, 0.5) is 4.79 Å². The lowest BCUT2D eigenvalue weighted by atomic mass is 9.99. The van der Waals surface area contributed by atoms with E-state index in [2.05, 4.69) is 9.88 Å². The van der Waals surface area contributed by atoms with E-state index in [1.807, 2.05) is 68.3 Å². The summed E-state index contributed by atoms with van der Waals surface area (Å²) in [7, 11) is 0. The van der Waals surface area contributed by atoms with Gasteiger partial charge in [-0.25, -0.2) is 4.79 Å². The summed E-state index contributed by atoms with van der Waals surface area (Å²) in [4.78, 5) is 29.3. The van der Waals surface area contributed by atoms with Crippen LogP contribution in [0.3, 0.4) is 0 Å². The number of carbonyl (C=O) groups excluding carboxylic acids is 2. The second-order valence-corrected chi connectivity index (χ2v) is 8.22. The number of hydrogen-bond donors (Lipinski definition) is 1. The number of nitrogens with zero attached hydrogens (tertiary/aromatic N) is 3. The Balaban J connectivity index is 1.88. The van der Waals surface area contributed by atoms with E-state index in [0.29, 0.717) is 24.7 Å². The predicted octanol–water partition coefficient (Wildman–Crippen LogP) is 3.76. The number of urea groups is 1. The van der Waals surface area contributed by atoms with Gasteiger partial charge in [0.1, 0.15) is 6.54 Å². The van der Waals surface area contributed by atoms with Crippen LogP contribution in [0.5, 0.6) is 0 Å². The topological polar surface area (TPSA) is 57.6 Å². The van der Waals surface area contributed by atoms with Crippen molar-refractivity contribution in [1.29, 1.82) is 0 Å². The van der Waals surface area contributed by atoms with Crippen LogP contribution < -0.4 is 5.32 Å². The Morgan fingerprint density at radius 1 is 1.24 bits per heavy atom. The number of nitrogens with one attached hydrogen (secondary N) is 1. The maximum Gasteiger partial charge on any atom is 0.317 e. The molecule has 0 saturated heterocycles. The van der Waals surface area contributed by atoms with Gasteiger partial charge in [0.15, 0.2) is 0 Å². The molecule has 0 aliphatic carbocycles. The van der Waals surface area contributed by atoms with E-state index < -0.39 is 0 Å². The Kier molecular flexibility index (Phi) is 6.85. The summed E-state index contributed by atoms with van der Waals surface area (Å²) in [5, 5.41) is 3.46. The molecule has 1 aliphatic heterocycles. The standard InChI is InChI=1S/C22H29ClN4O2/c1-4-24-22(29)26(14-16(2)3)15-20(28)27-12-11-25-10-6-9-19(25)21(27)17-7-5-8-18(23)13-17/h5-10,13,16,21H,4,11-12,14-15H2,1-3H3,(H,24,29)/t21-/m0/s1. The second-order valence-electron chi connectivity index (χ2n) is 7.78. The minimum atomic E-state index is -0.222. The van der Waals surface area contributed by atoms with E-state index in [0.717, 1.165) is 17.8 Å². The molecule has 0 fully saturated rings. The fraction of sp³-hybridized carbons (Fsp3) is 0.455. The molecule has 3 amide bonds. The highest BCUT2D eigenvalue weighted by atomic mass is 35.5. The third-order valence-corrected chi connectivity index (χ3v) is 5.29. The highest BCUT2D eigenvalue weighted by Crippen LogP contribution is 2.33. The lowest BCUT2D eigenvalue weighted by molar-refractivity contribution is -0.134. The highest BCUT2D eigenvalue weighted by Gasteiger charge is 2.33. The first-order chi connectivity index (χ1) is 13.9. The average molecular weight is 417 g/mol. The van der Waals surface area contributed by atoms with Crippen molar-refractivity contribution in [3.8, 4) is 0 Å². The van der Waals surface area contributed by atoms with Gasteiger partial charge in [-0.05, 0) is 42.7 Å². The molecule has 2 aromatic rings. The molecule has 156 valence electrons. The average Bonchev–Trinajstić information content (AvgIpc) is 3.15. The van der Waals surface area contributed by atoms with E-state index in [9.17, 15) is 9.59 Å². The van der Waals surface area contributed by atoms with Crippen LogP contribution in [0.15, 0.2) is 42.6 Å². The van der Waals surface area contributed by atoms with Crippen LogP contribution >= 0.6 is 11.6 Å². The van der Waals surface area contributed by atoms with Gasteiger partial charge in [-0.1, -0.05) is 37.6 Å². The normalized spacial score (nSPS) is 15.9. The molecule has 29 heavy (non-hydrogen) atoms. The van der Waals surface area contributed by atoms with Gasteiger partial charge in [0, 0.05) is 43.1 Å². The fourth-order valence-electron chi connectivity index (χ4n) is 3.86. The zero-order valence-corrected chi connectivity index (χ0v) is 18.0. The predicted molar refractivity (Wildman–Crippen MR) is 115 cm³/mol. The third-order valence-electron chi connectivity index (χ3n) is 5.05. The number of carbonyl (C=O) groups is 2. The summed E-state index contributed by atoms with van der Waals surface area (Å²) >= 11 is 6.24. The van der Waals surface area contributed by atoms with Crippen molar-refractivity contribution in [2.24, 2.45) is 5.92 Å². The van der Waals surface area contributed by atoms with Gasteiger partial charge in [-0.15, -0.1) is 0 Å². The first-order valence-corrected chi connectivity index (χ1v) is 10.5. The van der Waals surface area contributed by atoms with Crippen molar-refractivity contribution in [3.05, 3.63) is 58.9 Å². The molecule has 6 nitrogen and oxygen atoms in total. The van der Waals surface area contributed by atoms with Gasteiger partial charge in [-0.2, -0.15) is 0 Å². The van der Waals surface area contributed by atoms with Crippen molar-refractivity contribution in [3.63, 3.8) is 0 Å². The SMILES string of the molecule is CCNC(=O)N(CC(=O)N1CCn2cccc2[C@@H]1c1cccc(Cl)c1)CC(C)C. The van der Waals surface area contributed by atoms with E-state index >= 15 is 0 Å². The van der Waals surface area contributed by atoms with E-state index in [1.54, 1.807) is 4.90 Å². The molecule has 2 heterocycles. The van der Waals surface area contributed by atoms with Crippen molar-refractivity contribution in [2.75, 3.05) is 26.2 Å². The lowest BCUT2D eigenvalue weighted by Gasteiger charge is -2.38. The van der Waals surface area contributed by atoms with Crippen LogP contribution in [-0.4, -0.2) is 52.5 Å². The molecule has 0 bridgehead atoms. The molecule has 7 heteroatoms. The molecule has 0 saturated carbocycles. The van der Waals surface area contributed by atoms with Crippen LogP contribution in [0, 0.1) is 5.92 Å². The summed E-state index contributed by atoms with van der Waals surface area (Å²) in [6, 6.07) is 11.3. The maximum atomic E-state index is 13.4. The smallest absolute Gasteiger partial charge is 0.317 e. The molecule has 1 aromatic carbocycles. The molecular weight excluding hydrogens is 388 g/mol. The Morgan fingerprint density at radius 2 is 2.03 bits per heavy atom. The minimum absolute atomic E-state index is 0.0573. The molecule has 1 aliphatic rings. The number of aromatic nitrogens is 1. The number of benzene rings is 1. The zero-order valence-electron chi connectivity index (χ0n) is 17.3. The van der Waals surface area contributed by atoms with E-state index in [1.165, 1.54) is 0 Å². The first-order valence-electron chi connectivity index (χ1n) is 10.1. The molecule has 1 aromatic heterocycles. The minimum Gasteiger partial charge on any atom is -0.348 e. The summed E-state index contributed by atoms with van der Waals surface area (Å²) in [5.74, 6) is 0.210. The molecule has 0 radical (unpaired) electrons. The van der Waals surface area contributed by atoms with Gasteiger partial charge in [0.05, 0.1) is 6.04 Å². The monoisotopic (exact) mass is 416 g/mol. The Labute approximate surface area is 177 Å². The summed E-state index contributed by atoms with van der Waals surface area (Å²) < 4.78 is 2.17. The Morgan fingerprint density at radius 3 is 2.72 bits per heavy atom. The molecule has 3 rings (SSSR count). The number of halogens is 1. The second kappa shape index (κ2) is 9.35. The van der Waals surface area contributed by atoms with Crippen LogP contribution in [0.25, 0.3) is 0 Å². The molecule has 0 spiro atoms. The quantitative estimate of drug-likeness (QED) is 0.779. The molecule has 1 N–H and O–H groups in total. The van der Waals surface area contributed by atoms with Crippen molar-refractivity contribution >= 4 is 23.5 Å². The van der Waals surface area contributed by atoms with Gasteiger partial charge in [-0.3, -0.25) is 4.79 Å². The summed E-state index contributed by atoms with van der Waals surface area (Å²) in [6.07, 6.45) is 2.04. The van der Waals surface area contributed by atoms with Gasteiger partial charge in [0.2, 0.25) is 5.91 Å². The van der Waals surface area contributed by atoms with Gasteiger partial charge >= 0.3 is 6.03 Å². The third kappa shape index (κ3) is 4.93. The van der Waals surface area contributed by atoms with Crippen molar-refractivity contribution < 1.29 is 9.59 Å². The largest absolute Gasteiger partial charge is 0.348 e. The highest BCUT2D eigenvalue weighted by molar-refractivity contribution is 6.30. The summed E-state index contributed by atoms with van der Waals surface area (Å²) in [6.45, 7) is 8.40. The first kappa shape index (κ1) is 21.2. The fourth-order valence-corrected chi connectivity index (χ4v) is 4.06. The molecule has 1 atom stereocenters. The Hall–Kier alpha value is -2.47. The zero-order chi connectivity index (χ0) is 21.0. The van der Waals surface area contributed by atoms with Crippen molar-refractivity contribution in [2.45, 2.75) is 33.4 Å². The number of amides is 3. The van der Waals surface area contributed by atoms with Crippen LogP contribution in [0.2, 0.25) is 5.02 Å². The molecular formula is C22H29ClN4O2. The van der Waals surface area contributed by atoms with Crippen LogP contribution in [-0.2, 0) is 11.3 Å².